The number of aromatic nitrogens is 4. The number of aromatic amines is 1. The van der Waals surface area contributed by atoms with Crippen LogP contribution in [0.25, 0.3) is 11.3 Å². The lowest BCUT2D eigenvalue weighted by molar-refractivity contribution is -0.0498. The average molecular weight is 399 g/mol. The van der Waals surface area contributed by atoms with E-state index in [1.54, 1.807) is 17.0 Å². The van der Waals surface area contributed by atoms with E-state index >= 15 is 0 Å². The molecule has 1 amide bonds. The molecule has 0 saturated heterocycles. The van der Waals surface area contributed by atoms with Crippen LogP contribution in [0.2, 0.25) is 0 Å². The normalized spacial score (nSPS) is 13.4. The van der Waals surface area contributed by atoms with Gasteiger partial charge in [0.15, 0.2) is 0 Å². The maximum atomic E-state index is 13.2. The summed E-state index contributed by atoms with van der Waals surface area (Å²) in [6.07, 6.45) is 4.69. The monoisotopic (exact) mass is 399 g/mol. The molecule has 150 valence electrons. The second kappa shape index (κ2) is 7.94. The zero-order chi connectivity index (χ0) is 20.4. The van der Waals surface area contributed by atoms with Gasteiger partial charge in [-0.15, -0.1) is 0 Å². The predicted molar refractivity (Wildman–Crippen MR) is 101 cm³/mol. The topological polar surface area (TPSA) is 84.0 Å². The summed E-state index contributed by atoms with van der Waals surface area (Å²) in [4.78, 5) is 23.7. The molecule has 9 heteroatoms. The fourth-order valence-electron chi connectivity index (χ4n) is 3.35. The van der Waals surface area contributed by atoms with Crippen LogP contribution in [0.15, 0.2) is 36.7 Å². The van der Waals surface area contributed by atoms with Crippen molar-refractivity contribution in [3.05, 3.63) is 59.3 Å². The van der Waals surface area contributed by atoms with Crippen LogP contribution in [0.3, 0.4) is 0 Å². The molecule has 1 aliphatic heterocycles. The molecule has 0 fully saturated rings. The third-order valence-electron chi connectivity index (χ3n) is 4.82. The number of H-pyrrole nitrogens is 1. The van der Waals surface area contributed by atoms with Gasteiger partial charge in [-0.05, 0) is 24.1 Å². The standard InChI is InChI=1S/C20H19F2N5O2/c1-2-17-23-9-13-6-7-27(11-16(13)25-17)19(28)15-10-24-26-18(15)12-4-3-5-14(8-12)29-20(21)22/h3-5,8-10,20H,2,6-7,11H2,1H3,(H,24,26). The Labute approximate surface area is 165 Å². The number of hydrogen-bond donors (Lipinski definition) is 1. The number of benzene rings is 1. The quantitative estimate of drug-likeness (QED) is 0.712. The molecule has 4 rings (SSSR count). The van der Waals surface area contributed by atoms with E-state index in [1.807, 2.05) is 13.1 Å². The molecule has 0 atom stereocenters. The van der Waals surface area contributed by atoms with Crippen LogP contribution in [-0.4, -0.2) is 44.1 Å². The maximum Gasteiger partial charge on any atom is 0.387 e. The van der Waals surface area contributed by atoms with E-state index in [1.165, 1.54) is 18.3 Å². The first-order valence-corrected chi connectivity index (χ1v) is 9.26. The lowest BCUT2D eigenvalue weighted by Gasteiger charge is -2.28. The van der Waals surface area contributed by atoms with Crippen molar-refractivity contribution in [1.29, 1.82) is 0 Å². The van der Waals surface area contributed by atoms with Crippen molar-refractivity contribution >= 4 is 5.91 Å². The minimum atomic E-state index is -2.92. The van der Waals surface area contributed by atoms with E-state index in [0.717, 1.165) is 23.5 Å². The molecule has 7 nitrogen and oxygen atoms in total. The molecule has 0 aliphatic carbocycles. The molecule has 0 unspecified atom stereocenters. The number of alkyl halides is 2. The van der Waals surface area contributed by atoms with E-state index < -0.39 is 6.61 Å². The Hall–Kier alpha value is -3.36. The summed E-state index contributed by atoms with van der Waals surface area (Å²) in [5.74, 6) is 0.565. The van der Waals surface area contributed by atoms with Crippen molar-refractivity contribution in [2.24, 2.45) is 0 Å². The minimum absolute atomic E-state index is 0.0150. The number of halogens is 2. The van der Waals surface area contributed by atoms with E-state index in [0.29, 0.717) is 36.3 Å². The van der Waals surface area contributed by atoms with Gasteiger partial charge in [0, 0.05) is 24.7 Å². The Kier molecular flexibility index (Phi) is 5.20. The first-order chi connectivity index (χ1) is 14.0. The molecular weight excluding hydrogens is 380 g/mol. The SMILES string of the molecule is CCc1ncc2c(n1)CN(C(=O)c1cn[nH]c1-c1cccc(OC(F)F)c1)CC2. The van der Waals surface area contributed by atoms with Crippen molar-refractivity contribution in [1.82, 2.24) is 25.1 Å². The first kappa shape index (κ1) is 19.0. The van der Waals surface area contributed by atoms with Gasteiger partial charge >= 0.3 is 6.61 Å². The molecule has 1 N–H and O–H groups in total. The summed E-state index contributed by atoms with van der Waals surface area (Å²) in [5, 5.41) is 6.78. The van der Waals surface area contributed by atoms with Gasteiger partial charge in [0.1, 0.15) is 11.6 Å². The minimum Gasteiger partial charge on any atom is -0.435 e. The summed E-state index contributed by atoms with van der Waals surface area (Å²) >= 11 is 0. The van der Waals surface area contributed by atoms with Crippen molar-refractivity contribution in [2.45, 2.75) is 32.9 Å². The Bertz CT molecular complexity index is 1040. The molecule has 0 saturated carbocycles. The molecule has 0 bridgehead atoms. The maximum absolute atomic E-state index is 13.2. The van der Waals surface area contributed by atoms with E-state index in [2.05, 4.69) is 24.9 Å². The highest BCUT2D eigenvalue weighted by molar-refractivity contribution is 5.99. The number of amides is 1. The number of nitrogens with one attached hydrogen (secondary N) is 1. The van der Waals surface area contributed by atoms with Crippen molar-refractivity contribution < 1.29 is 18.3 Å². The number of fused-ring (bicyclic) bond motifs is 1. The van der Waals surface area contributed by atoms with Crippen LogP contribution in [0.1, 0.15) is 34.4 Å². The Morgan fingerprint density at radius 1 is 1.34 bits per heavy atom. The Morgan fingerprint density at radius 2 is 2.21 bits per heavy atom. The van der Waals surface area contributed by atoms with Crippen LogP contribution in [0, 0.1) is 0 Å². The van der Waals surface area contributed by atoms with Crippen LogP contribution in [0.4, 0.5) is 8.78 Å². The van der Waals surface area contributed by atoms with Gasteiger partial charge < -0.3 is 9.64 Å². The largest absolute Gasteiger partial charge is 0.435 e. The summed E-state index contributed by atoms with van der Waals surface area (Å²) in [5.41, 5.74) is 3.27. The highest BCUT2D eigenvalue weighted by Crippen LogP contribution is 2.28. The Balaban J connectivity index is 1.59. The molecule has 0 spiro atoms. The van der Waals surface area contributed by atoms with Crippen molar-refractivity contribution in [3.8, 4) is 17.0 Å². The number of rotatable bonds is 5. The molecule has 1 aliphatic rings. The Morgan fingerprint density at radius 3 is 3.00 bits per heavy atom. The van der Waals surface area contributed by atoms with Crippen LogP contribution < -0.4 is 4.74 Å². The number of carbonyl (C=O) groups is 1. The van der Waals surface area contributed by atoms with Crippen LogP contribution in [-0.2, 0) is 19.4 Å². The highest BCUT2D eigenvalue weighted by Gasteiger charge is 2.26. The van der Waals surface area contributed by atoms with E-state index in [9.17, 15) is 13.6 Å². The van der Waals surface area contributed by atoms with Crippen molar-refractivity contribution in [2.75, 3.05) is 6.54 Å². The fraction of sp³-hybridized carbons (Fsp3) is 0.300. The smallest absolute Gasteiger partial charge is 0.387 e. The molecular formula is C20H19F2N5O2. The van der Waals surface area contributed by atoms with Crippen molar-refractivity contribution in [3.63, 3.8) is 0 Å². The lowest BCUT2D eigenvalue weighted by Crippen LogP contribution is -2.36. The van der Waals surface area contributed by atoms with Gasteiger partial charge in [0.2, 0.25) is 0 Å². The number of aryl methyl sites for hydroxylation is 1. The molecule has 1 aromatic carbocycles. The van der Waals surface area contributed by atoms with Gasteiger partial charge in [-0.1, -0.05) is 19.1 Å². The third kappa shape index (κ3) is 3.94. The second-order valence-electron chi connectivity index (χ2n) is 6.65. The number of nitrogens with zero attached hydrogens (tertiary/aromatic N) is 4. The predicted octanol–water partition coefficient (Wildman–Crippen LogP) is 3.23. The van der Waals surface area contributed by atoms with Gasteiger partial charge in [0.25, 0.3) is 5.91 Å². The lowest BCUT2D eigenvalue weighted by atomic mass is 10.0. The number of ether oxygens (including phenoxy) is 1. The average Bonchev–Trinajstić information content (AvgIpc) is 3.22. The highest BCUT2D eigenvalue weighted by atomic mass is 19.3. The summed E-state index contributed by atoms with van der Waals surface area (Å²) in [6.45, 7) is -0.00345. The van der Waals surface area contributed by atoms with E-state index in [4.69, 9.17) is 0 Å². The number of hydrogen-bond acceptors (Lipinski definition) is 5. The first-order valence-electron chi connectivity index (χ1n) is 9.26. The van der Waals surface area contributed by atoms with Gasteiger partial charge in [0.05, 0.1) is 29.7 Å². The van der Waals surface area contributed by atoms with E-state index in [-0.39, 0.29) is 11.7 Å². The fourth-order valence-corrected chi connectivity index (χ4v) is 3.35. The molecule has 29 heavy (non-hydrogen) atoms. The zero-order valence-electron chi connectivity index (χ0n) is 15.7. The molecule has 3 heterocycles. The summed E-state index contributed by atoms with van der Waals surface area (Å²) < 4.78 is 29.5. The summed E-state index contributed by atoms with van der Waals surface area (Å²) in [7, 11) is 0. The molecule has 2 aromatic heterocycles. The zero-order valence-corrected chi connectivity index (χ0v) is 15.7. The van der Waals surface area contributed by atoms with Gasteiger partial charge in [-0.3, -0.25) is 9.89 Å². The van der Waals surface area contributed by atoms with Crippen LogP contribution in [0.5, 0.6) is 5.75 Å². The second-order valence-corrected chi connectivity index (χ2v) is 6.65. The molecule has 0 radical (unpaired) electrons. The number of carbonyl (C=O) groups excluding carboxylic acids is 1. The van der Waals surface area contributed by atoms with Gasteiger partial charge in [-0.25, -0.2) is 9.97 Å². The van der Waals surface area contributed by atoms with Gasteiger partial charge in [-0.2, -0.15) is 13.9 Å². The summed E-state index contributed by atoms with van der Waals surface area (Å²) in [6, 6.07) is 6.17. The van der Waals surface area contributed by atoms with Crippen LogP contribution >= 0.6 is 0 Å². The third-order valence-corrected chi connectivity index (χ3v) is 4.82. The molecule has 3 aromatic rings.